The third-order valence-electron chi connectivity index (χ3n) is 6.99. The summed E-state index contributed by atoms with van der Waals surface area (Å²) in [4.78, 5) is 31.2. The van der Waals surface area contributed by atoms with Gasteiger partial charge in [0.2, 0.25) is 11.6 Å². The SMILES string of the molecule is CCOC(=O)[C@@H]1CC[C@@H]([NH2+]/C(=C(\C=N)C(=O)N(CCc2c(Cl)cnc(OC)c2Cl)CC(C)(C)C)C(F)(F)F)C[C@@H]1C. The highest BCUT2D eigenvalue weighted by Gasteiger charge is 2.46. The van der Waals surface area contributed by atoms with Crippen LogP contribution >= 0.6 is 23.2 Å². The van der Waals surface area contributed by atoms with Gasteiger partial charge in [0.15, 0.2) is 0 Å². The molecule has 1 amide bonds. The molecule has 41 heavy (non-hydrogen) atoms. The summed E-state index contributed by atoms with van der Waals surface area (Å²) >= 11 is 12.7. The molecule has 0 aromatic carbocycles. The minimum Gasteiger partial charge on any atom is -0.480 e. The van der Waals surface area contributed by atoms with Crippen LogP contribution in [0, 0.1) is 22.7 Å². The van der Waals surface area contributed by atoms with Gasteiger partial charge in [0.05, 0.1) is 30.7 Å². The Kier molecular flexibility index (Phi) is 12.5. The fraction of sp³-hybridized carbons (Fsp3) is 0.643. The molecule has 1 aromatic heterocycles. The molecule has 0 spiro atoms. The van der Waals surface area contributed by atoms with E-state index in [0.29, 0.717) is 31.0 Å². The number of amides is 1. The number of ether oxygens (including phenoxy) is 2. The molecule has 1 aliphatic carbocycles. The van der Waals surface area contributed by atoms with Crippen molar-refractivity contribution in [1.82, 2.24) is 9.88 Å². The lowest BCUT2D eigenvalue weighted by Gasteiger charge is -2.33. The number of allylic oxidation sites excluding steroid dienone is 1. The number of aromatic nitrogens is 1. The van der Waals surface area contributed by atoms with E-state index in [1.165, 1.54) is 18.2 Å². The zero-order valence-electron chi connectivity index (χ0n) is 24.3. The summed E-state index contributed by atoms with van der Waals surface area (Å²) in [7, 11) is 1.39. The van der Waals surface area contributed by atoms with E-state index in [1.54, 1.807) is 6.92 Å². The first-order valence-corrected chi connectivity index (χ1v) is 14.3. The molecule has 8 nitrogen and oxygen atoms in total. The van der Waals surface area contributed by atoms with E-state index in [4.69, 9.17) is 38.1 Å². The highest BCUT2D eigenvalue weighted by atomic mass is 35.5. The van der Waals surface area contributed by atoms with Crippen LogP contribution in [0.2, 0.25) is 10.0 Å². The third-order valence-corrected chi connectivity index (χ3v) is 7.70. The van der Waals surface area contributed by atoms with Crippen LogP contribution in [0.3, 0.4) is 0 Å². The standard InChI is InChI=1S/C28H39Cl2F3N4O4/c1-7-41-26(39)18-9-8-17(12-16(18)2)36-23(28(31,32)33)20(13-34)25(38)37(15-27(3,4)5)11-10-19-21(29)14-35-24(40-6)22(19)30/h13-14,16-18,34,36H,7-12,15H2,1-6H3/p+1/b23-20+,34-13?/t16-,17+,18+/m0/s1. The molecular weight excluding hydrogens is 584 g/mol. The van der Waals surface area contributed by atoms with Crippen LogP contribution in [0.15, 0.2) is 17.5 Å². The third kappa shape index (κ3) is 9.58. The molecule has 0 radical (unpaired) electrons. The largest absolute Gasteiger partial charge is 0.480 e. The molecule has 0 unspecified atom stereocenters. The number of nitrogens with two attached hydrogens (primary N) is 1. The number of halogens is 5. The minimum atomic E-state index is -4.87. The lowest BCUT2D eigenvalue weighted by atomic mass is 9.78. The Morgan fingerprint density at radius 1 is 1.24 bits per heavy atom. The number of quaternary nitrogens is 1. The number of methoxy groups -OCH3 is 1. The zero-order chi connectivity index (χ0) is 31.1. The maximum atomic E-state index is 14.4. The van der Waals surface area contributed by atoms with E-state index in [9.17, 15) is 22.8 Å². The van der Waals surface area contributed by atoms with Gasteiger partial charge in [-0.05, 0) is 36.7 Å². The van der Waals surface area contributed by atoms with Gasteiger partial charge in [0, 0.05) is 38.3 Å². The first kappa shape index (κ1) is 34.8. The highest BCUT2D eigenvalue weighted by molar-refractivity contribution is 6.36. The second-order valence-electron chi connectivity index (χ2n) is 11.5. The predicted octanol–water partition coefficient (Wildman–Crippen LogP) is 5.21. The van der Waals surface area contributed by atoms with Gasteiger partial charge in [-0.15, -0.1) is 0 Å². The molecule has 3 N–H and O–H groups in total. The Morgan fingerprint density at radius 3 is 2.41 bits per heavy atom. The summed E-state index contributed by atoms with van der Waals surface area (Å²) in [5.74, 6) is -1.69. The van der Waals surface area contributed by atoms with Crippen molar-refractivity contribution in [2.45, 2.75) is 72.5 Å². The number of carbonyl (C=O) groups excluding carboxylic acids is 2. The fourth-order valence-corrected chi connectivity index (χ4v) is 5.72. The maximum absolute atomic E-state index is 14.4. The molecule has 1 saturated carbocycles. The van der Waals surface area contributed by atoms with Crippen LogP contribution in [0.5, 0.6) is 5.88 Å². The summed E-state index contributed by atoms with van der Waals surface area (Å²) < 4.78 is 53.5. The number of alkyl halides is 3. The first-order chi connectivity index (χ1) is 19.0. The summed E-state index contributed by atoms with van der Waals surface area (Å²) in [5, 5.41) is 9.29. The Labute approximate surface area is 249 Å². The number of esters is 1. The lowest BCUT2D eigenvalue weighted by molar-refractivity contribution is -0.664. The van der Waals surface area contributed by atoms with Crippen LogP contribution in [-0.4, -0.2) is 67.0 Å². The summed E-state index contributed by atoms with van der Waals surface area (Å²) in [6.45, 7) is 9.45. The van der Waals surface area contributed by atoms with Gasteiger partial charge in [0.25, 0.3) is 5.91 Å². The van der Waals surface area contributed by atoms with Gasteiger partial charge < -0.3 is 25.1 Å². The van der Waals surface area contributed by atoms with Gasteiger partial charge in [-0.2, -0.15) is 13.2 Å². The molecule has 0 aliphatic heterocycles. The molecule has 2 rings (SSSR count). The van der Waals surface area contributed by atoms with E-state index < -0.39 is 34.8 Å². The summed E-state index contributed by atoms with van der Waals surface area (Å²) in [6.07, 6.45) is -1.87. The molecule has 13 heteroatoms. The molecule has 230 valence electrons. The van der Waals surface area contributed by atoms with Crippen LogP contribution in [0.1, 0.15) is 59.4 Å². The minimum absolute atomic E-state index is 0.00707. The zero-order valence-corrected chi connectivity index (χ0v) is 25.8. The normalized spacial score (nSPS) is 20.2. The monoisotopic (exact) mass is 623 g/mol. The highest BCUT2D eigenvalue weighted by Crippen LogP contribution is 2.33. The van der Waals surface area contributed by atoms with Gasteiger partial charge in [0.1, 0.15) is 10.6 Å². The number of nitrogens with zero attached hydrogens (tertiary/aromatic N) is 2. The quantitative estimate of drug-likeness (QED) is 0.200. The Hall–Kier alpha value is -2.37. The summed E-state index contributed by atoms with van der Waals surface area (Å²) in [5.41, 5.74) is -1.91. The molecule has 1 aromatic rings. The molecular formula is C28H40Cl2F3N4O4+. The van der Waals surface area contributed by atoms with Crippen molar-refractivity contribution >= 4 is 41.3 Å². The number of hydrogen-bond donors (Lipinski definition) is 2. The average Bonchev–Trinajstić information content (AvgIpc) is 2.86. The van der Waals surface area contributed by atoms with Crippen molar-refractivity contribution in [3.8, 4) is 5.88 Å². The van der Waals surface area contributed by atoms with Crippen molar-refractivity contribution in [3.63, 3.8) is 0 Å². The van der Waals surface area contributed by atoms with E-state index in [-0.39, 0.29) is 59.8 Å². The number of hydrogen-bond acceptors (Lipinski definition) is 6. The van der Waals surface area contributed by atoms with Crippen LogP contribution < -0.4 is 10.1 Å². The molecule has 1 heterocycles. The van der Waals surface area contributed by atoms with Crippen molar-refractivity contribution in [2.24, 2.45) is 17.3 Å². The number of pyridine rings is 1. The van der Waals surface area contributed by atoms with Crippen LogP contribution in [0.4, 0.5) is 13.2 Å². The fourth-order valence-electron chi connectivity index (χ4n) is 5.11. The van der Waals surface area contributed by atoms with Crippen molar-refractivity contribution < 1.29 is 37.6 Å². The molecule has 1 aliphatic rings. The number of carbonyl (C=O) groups is 2. The second kappa shape index (κ2) is 14.7. The Balaban J connectivity index is 2.40. The number of nitrogens with one attached hydrogen (secondary N) is 1. The number of rotatable bonds is 11. The molecule has 0 saturated heterocycles. The predicted molar refractivity (Wildman–Crippen MR) is 151 cm³/mol. The van der Waals surface area contributed by atoms with Crippen molar-refractivity contribution in [2.75, 3.05) is 26.8 Å². The van der Waals surface area contributed by atoms with E-state index in [1.807, 2.05) is 27.7 Å². The van der Waals surface area contributed by atoms with E-state index in [0.717, 1.165) is 5.32 Å². The maximum Gasteiger partial charge on any atom is 0.467 e. The van der Waals surface area contributed by atoms with Crippen LogP contribution in [0.25, 0.3) is 0 Å². The lowest BCUT2D eigenvalue weighted by Crippen LogP contribution is -2.91. The summed E-state index contributed by atoms with van der Waals surface area (Å²) in [6, 6.07) is -0.520. The van der Waals surface area contributed by atoms with Gasteiger partial charge in [-0.3, -0.25) is 9.59 Å². The molecule has 0 bridgehead atoms. The van der Waals surface area contributed by atoms with Crippen molar-refractivity contribution in [1.29, 1.82) is 5.41 Å². The molecule has 3 atom stereocenters. The second-order valence-corrected chi connectivity index (χ2v) is 12.3. The van der Waals surface area contributed by atoms with Gasteiger partial charge >= 0.3 is 12.1 Å². The van der Waals surface area contributed by atoms with E-state index >= 15 is 0 Å². The van der Waals surface area contributed by atoms with Gasteiger partial charge in [-0.25, -0.2) is 4.98 Å². The Morgan fingerprint density at radius 2 is 1.90 bits per heavy atom. The molecule has 1 fully saturated rings. The van der Waals surface area contributed by atoms with Crippen molar-refractivity contribution in [3.05, 3.63) is 33.1 Å². The van der Waals surface area contributed by atoms with Gasteiger partial charge in [-0.1, -0.05) is 50.9 Å². The first-order valence-electron chi connectivity index (χ1n) is 13.5. The topological polar surface area (TPSA) is 109 Å². The van der Waals surface area contributed by atoms with Crippen LogP contribution in [-0.2, 0) is 20.7 Å². The Bertz CT molecular complexity index is 1140. The van der Waals surface area contributed by atoms with E-state index in [2.05, 4.69) is 4.98 Å². The average molecular weight is 625 g/mol. The smallest absolute Gasteiger partial charge is 0.467 e.